The zero-order chi connectivity index (χ0) is 13.1. The summed E-state index contributed by atoms with van der Waals surface area (Å²) in [5.41, 5.74) is 1.27. The summed E-state index contributed by atoms with van der Waals surface area (Å²) in [6.45, 7) is 0. The Hall–Kier alpha value is -2.17. The summed E-state index contributed by atoms with van der Waals surface area (Å²) >= 11 is 0. The summed E-state index contributed by atoms with van der Waals surface area (Å²) in [6.07, 6.45) is 6.19. The Balaban J connectivity index is 1.72. The number of nitrogens with zero attached hydrogens (tertiary/aromatic N) is 3. The van der Waals surface area contributed by atoms with Crippen molar-refractivity contribution in [3.63, 3.8) is 0 Å². The van der Waals surface area contributed by atoms with Crippen molar-refractivity contribution in [1.29, 1.82) is 0 Å². The molecular formula is C14H16N4O. The number of benzene rings is 1. The van der Waals surface area contributed by atoms with Crippen LogP contribution in [0.5, 0.6) is 0 Å². The lowest BCUT2D eigenvalue weighted by atomic mass is 10.2. The van der Waals surface area contributed by atoms with Crippen molar-refractivity contribution in [2.24, 2.45) is 0 Å². The first-order chi connectivity index (χ1) is 9.33. The maximum atomic E-state index is 12.0. The Morgan fingerprint density at radius 1 is 1.21 bits per heavy atom. The van der Waals surface area contributed by atoms with E-state index in [0.29, 0.717) is 11.7 Å². The quantitative estimate of drug-likeness (QED) is 0.913. The summed E-state index contributed by atoms with van der Waals surface area (Å²) in [7, 11) is 0. The summed E-state index contributed by atoms with van der Waals surface area (Å²) < 4.78 is 1.61. The summed E-state index contributed by atoms with van der Waals surface area (Å²) in [5.74, 6) is -0.130. The minimum Gasteiger partial charge on any atom is -0.348 e. The molecule has 1 amide bonds. The van der Waals surface area contributed by atoms with Gasteiger partial charge in [-0.2, -0.15) is 0 Å². The van der Waals surface area contributed by atoms with Gasteiger partial charge in [0.05, 0.1) is 11.9 Å². The Kier molecular flexibility index (Phi) is 3.27. The highest BCUT2D eigenvalue weighted by molar-refractivity contribution is 5.92. The van der Waals surface area contributed by atoms with Crippen LogP contribution in [0.2, 0.25) is 0 Å². The van der Waals surface area contributed by atoms with E-state index >= 15 is 0 Å². The fraction of sp³-hybridized carbons (Fsp3) is 0.357. The van der Waals surface area contributed by atoms with E-state index < -0.39 is 0 Å². The lowest BCUT2D eigenvalue weighted by molar-refractivity contribution is 0.0933. The predicted octanol–water partition coefficient (Wildman–Crippen LogP) is 1.94. The van der Waals surface area contributed by atoms with Gasteiger partial charge in [-0.25, -0.2) is 4.68 Å². The Morgan fingerprint density at radius 2 is 1.95 bits per heavy atom. The van der Waals surface area contributed by atoms with Crippen molar-refractivity contribution in [1.82, 2.24) is 20.3 Å². The zero-order valence-electron chi connectivity index (χ0n) is 10.6. The van der Waals surface area contributed by atoms with Gasteiger partial charge in [-0.15, -0.1) is 5.10 Å². The van der Waals surface area contributed by atoms with Crippen LogP contribution in [-0.4, -0.2) is 26.9 Å². The molecule has 1 aromatic carbocycles. The smallest absolute Gasteiger partial charge is 0.273 e. The second-order valence-corrected chi connectivity index (χ2v) is 4.84. The molecule has 0 spiro atoms. The molecule has 0 atom stereocenters. The minimum absolute atomic E-state index is 0.130. The highest BCUT2D eigenvalue weighted by Gasteiger charge is 2.19. The Bertz CT molecular complexity index is 558. The summed E-state index contributed by atoms with van der Waals surface area (Å²) in [6, 6.07) is 9.94. The molecule has 1 saturated carbocycles. The fourth-order valence-electron chi connectivity index (χ4n) is 2.40. The van der Waals surface area contributed by atoms with E-state index in [4.69, 9.17) is 0 Å². The second-order valence-electron chi connectivity index (χ2n) is 4.84. The molecule has 2 aromatic rings. The number of rotatable bonds is 3. The van der Waals surface area contributed by atoms with Crippen LogP contribution in [-0.2, 0) is 0 Å². The molecule has 0 unspecified atom stereocenters. The van der Waals surface area contributed by atoms with Gasteiger partial charge in [0.25, 0.3) is 5.91 Å². The normalized spacial score (nSPS) is 15.6. The number of para-hydroxylation sites is 1. The van der Waals surface area contributed by atoms with Crippen LogP contribution in [0.25, 0.3) is 5.69 Å². The van der Waals surface area contributed by atoms with E-state index in [2.05, 4.69) is 15.6 Å². The molecule has 1 aromatic heterocycles. The molecule has 19 heavy (non-hydrogen) atoms. The van der Waals surface area contributed by atoms with E-state index in [-0.39, 0.29) is 5.91 Å². The van der Waals surface area contributed by atoms with Gasteiger partial charge in [-0.05, 0) is 25.0 Å². The second kappa shape index (κ2) is 5.22. The van der Waals surface area contributed by atoms with E-state index in [1.165, 1.54) is 12.8 Å². The standard InChI is InChI=1S/C14H16N4O/c19-14(15-11-6-4-5-7-11)13-10-18(17-16-13)12-8-2-1-3-9-12/h1-3,8-11H,4-7H2,(H,15,19). The van der Waals surface area contributed by atoms with E-state index in [9.17, 15) is 4.79 Å². The van der Waals surface area contributed by atoms with Gasteiger partial charge in [-0.3, -0.25) is 4.79 Å². The molecule has 0 radical (unpaired) electrons. The number of carbonyl (C=O) groups excluding carboxylic acids is 1. The molecule has 3 rings (SSSR count). The first-order valence-electron chi connectivity index (χ1n) is 6.61. The predicted molar refractivity (Wildman–Crippen MR) is 71.1 cm³/mol. The summed E-state index contributed by atoms with van der Waals surface area (Å²) in [4.78, 5) is 12.0. The van der Waals surface area contributed by atoms with Gasteiger partial charge in [0.1, 0.15) is 0 Å². The first kappa shape index (κ1) is 11.9. The van der Waals surface area contributed by atoms with Gasteiger partial charge >= 0.3 is 0 Å². The number of carbonyl (C=O) groups is 1. The average Bonchev–Trinajstić information content (AvgIpc) is 3.10. The minimum atomic E-state index is -0.130. The first-order valence-corrected chi connectivity index (χ1v) is 6.61. The van der Waals surface area contributed by atoms with Gasteiger partial charge < -0.3 is 5.32 Å². The van der Waals surface area contributed by atoms with E-state index in [0.717, 1.165) is 18.5 Å². The molecule has 1 aliphatic rings. The van der Waals surface area contributed by atoms with Crippen molar-refractivity contribution in [2.45, 2.75) is 31.7 Å². The van der Waals surface area contributed by atoms with Gasteiger partial charge in [0, 0.05) is 6.04 Å². The molecule has 1 aliphatic carbocycles. The van der Waals surface area contributed by atoms with E-state index in [1.807, 2.05) is 30.3 Å². The molecule has 1 heterocycles. The highest BCUT2D eigenvalue weighted by atomic mass is 16.2. The molecule has 5 nitrogen and oxygen atoms in total. The molecule has 5 heteroatoms. The van der Waals surface area contributed by atoms with Crippen LogP contribution < -0.4 is 5.32 Å². The topological polar surface area (TPSA) is 59.8 Å². The van der Waals surface area contributed by atoms with Crippen LogP contribution >= 0.6 is 0 Å². The number of aromatic nitrogens is 3. The van der Waals surface area contributed by atoms with Crippen LogP contribution in [0.4, 0.5) is 0 Å². The summed E-state index contributed by atoms with van der Waals surface area (Å²) in [5, 5.41) is 10.9. The van der Waals surface area contributed by atoms with Gasteiger partial charge in [0.15, 0.2) is 5.69 Å². The molecule has 1 N–H and O–H groups in total. The van der Waals surface area contributed by atoms with Crippen molar-refractivity contribution >= 4 is 5.91 Å². The SMILES string of the molecule is O=C(NC1CCCC1)c1cn(-c2ccccc2)nn1. The molecule has 1 fully saturated rings. The molecule has 98 valence electrons. The van der Waals surface area contributed by atoms with Crippen molar-refractivity contribution in [2.75, 3.05) is 0 Å². The number of nitrogens with one attached hydrogen (secondary N) is 1. The van der Waals surface area contributed by atoms with Gasteiger partial charge in [-0.1, -0.05) is 36.3 Å². The van der Waals surface area contributed by atoms with Crippen LogP contribution in [0.1, 0.15) is 36.2 Å². The Labute approximate surface area is 111 Å². The average molecular weight is 256 g/mol. The van der Waals surface area contributed by atoms with Crippen LogP contribution in [0.3, 0.4) is 0 Å². The third kappa shape index (κ3) is 2.65. The van der Waals surface area contributed by atoms with Crippen molar-refractivity contribution < 1.29 is 4.79 Å². The van der Waals surface area contributed by atoms with Crippen molar-refractivity contribution in [3.05, 3.63) is 42.2 Å². The number of hydrogen-bond acceptors (Lipinski definition) is 3. The van der Waals surface area contributed by atoms with Crippen LogP contribution in [0.15, 0.2) is 36.5 Å². The van der Waals surface area contributed by atoms with Crippen LogP contribution in [0, 0.1) is 0 Å². The highest BCUT2D eigenvalue weighted by Crippen LogP contribution is 2.18. The van der Waals surface area contributed by atoms with Gasteiger partial charge in [0.2, 0.25) is 0 Å². The van der Waals surface area contributed by atoms with E-state index in [1.54, 1.807) is 10.9 Å². The fourth-order valence-corrected chi connectivity index (χ4v) is 2.40. The molecular weight excluding hydrogens is 240 g/mol. The lowest BCUT2D eigenvalue weighted by Crippen LogP contribution is -2.32. The maximum absolute atomic E-state index is 12.0. The monoisotopic (exact) mass is 256 g/mol. The molecule has 0 aliphatic heterocycles. The third-order valence-corrected chi connectivity index (χ3v) is 3.44. The molecule has 0 saturated heterocycles. The molecule has 0 bridgehead atoms. The largest absolute Gasteiger partial charge is 0.348 e. The Morgan fingerprint density at radius 3 is 2.68 bits per heavy atom. The number of hydrogen-bond donors (Lipinski definition) is 1. The zero-order valence-corrected chi connectivity index (χ0v) is 10.6. The number of amides is 1. The third-order valence-electron chi connectivity index (χ3n) is 3.44. The maximum Gasteiger partial charge on any atom is 0.273 e. The van der Waals surface area contributed by atoms with Crippen molar-refractivity contribution in [3.8, 4) is 5.69 Å². The lowest BCUT2D eigenvalue weighted by Gasteiger charge is -2.09.